The second kappa shape index (κ2) is 32.9. The second-order valence-corrected chi connectivity index (χ2v) is 15.3. The molecule has 0 N–H and O–H groups in total. The molecule has 0 fully saturated rings. The van der Waals surface area contributed by atoms with Crippen molar-refractivity contribution < 1.29 is 37.3 Å². The zero-order chi connectivity index (χ0) is 35.6. The molecule has 0 aliphatic carbocycles. The lowest BCUT2D eigenvalue weighted by Gasteiger charge is -2.28. The van der Waals surface area contributed by atoms with E-state index in [1.54, 1.807) is 0 Å². The molecule has 9 heteroatoms. The van der Waals surface area contributed by atoms with Crippen LogP contribution in [0.3, 0.4) is 0 Å². The largest absolute Gasteiger partial charge is 0.756 e. The van der Waals surface area contributed by atoms with Crippen molar-refractivity contribution in [3.63, 3.8) is 0 Å². The zero-order valence-corrected chi connectivity index (χ0v) is 32.6. The maximum atomic E-state index is 12.6. The standard InChI is InChI=1S/C39H74NO7P/c1-6-8-10-12-14-16-18-20-21-23-25-27-29-31-34-44-36-38(37-46-48(42,43)45-35-33-40(3,4)5)47-39(41)32-30-28-26-24-22-19-17-15-13-11-9-7-2/h10,12,15-18,38H,6-9,11,13-14,19-37H2,1-5H3/b12-10-,17-15-,18-16-. The predicted molar refractivity (Wildman–Crippen MR) is 199 cm³/mol. The van der Waals surface area contributed by atoms with Crippen molar-refractivity contribution in [2.75, 3.05) is 54.1 Å². The Hall–Kier alpha value is -1.28. The second-order valence-electron chi connectivity index (χ2n) is 13.9. The van der Waals surface area contributed by atoms with Gasteiger partial charge in [-0.1, -0.05) is 115 Å². The first-order valence-corrected chi connectivity index (χ1v) is 20.7. The normalized spacial score (nSPS) is 14.4. The van der Waals surface area contributed by atoms with Gasteiger partial charge < -0.3 is 27.9 Å². The molecule has 0 bridgehead atoms. The van der Waals surface area contributed by atoms with Gasteiger partial charge in [0.25, 0.3) is 7.82 Å². The van der Waals surface area contributed by atoms with Crippen molar-refractivity contribution in [2.45, 2.75) is 155 Å². The first-order valence-electron chi connectivity index (χ1n) is 19.2. The highest BCUT2D eigenvalue weighted by molar-refractivity contribution is 7.45. The molecule has 0 aliphatic heterocycles. The number of rotatable bonds is 35. The van der Waals surface area contributed by atoms with Crippen LogP contribution in [-0.2, 0) is 27.9 Å². The molecule has 0 rings (SSSR count). The Balaban J connectivity index is 4.33. The van der Waals surface area contributed by atoms with Gasteiger partial charge in [0, 0.05) is 13.0 Å². The van der Waals surface area contributed by atoms with Crippen molar-refractivity contribution in [3.05, 3.63) is 36.5 Å². The summed E-state index contributed by atoms with van der Waals surface area (Å²) in [6, 6.07) is 0. The molecule has 0 aromatic heterocycles. The summed E-state index contributed by atoms with van der Waals surface area (Å²) >= 11 is 0. The number of nitrogens with zero attached hydrogens (tertiary/aromatic N) is 1. The summed E-state index contributed by atoms with van der Waals surface area (Å²) in [4.78, 5) is 24.9. The van der Waals surface area contributed by atoms with Gasteiger partial charge >= 0.3 is 5.97 Å². The van der Waals surface area contributed by atoms with E-state index in [9.17, 15) is 14.3 Å². The minimum Gasteiger partial charge on any atom is -0.756 e. The number of carbonyl (C=O) groups excluding carboxylic acids is 1. The van der Waals surface area contributed by atoms with Gasteiger partial charge in [-0.2, -0.15) is 0 Å². The Morgan fingerprint density at radius 2 is 1.19 bits per heavy atom. The molecule has 0 saturated heterocycles. The number of carbonyl (C=O) groups is 1. The van der Waals surface area contributed by atoms with Gasteiger partial charge in [-0.15, -0.1) is 0 Å². The first kappa shape index (κ1) is 46.7. The highest BCUT2D eigenvalue weighted by Gasteiger charge is 2.20. The van der Waals surface area contributed by atoms with E-state index in [-0.39, 0.29) is 25.8 Å². The minimum atomic E-state index is -4.52. The number of likely N-dealkylation sites (N-methyl/N-ethyl adjacent to an activating group) is 1. The van der Waals surface area contributed by atoms with E-state index in [1.165, 1.54) is 57.8 Å². The fourth-order valence-electron chi connectivity index (χ4n) is 4.87. The van der Waals surface area contributed by atoms with E-state index < -0.39 is 13.9 Å². The first-order chi connectivity index (χ1) is 23.1. The molecule has 0 aromatic carbocycles. The number of phosphoric acid groups is 1. The molecular formula is C39H74NO7P. The molecule has 0 heterocycles. The third kappa shape index (κ3) is 36.0. The average molecular weight is 700 g/mol. The molecule has 282 valence electrons. The Bertz CT molecular complexity index is 869. The molecule has 0 radical (unpaired) electrons. The Morgan fingerprint density at radius 1 is 0.646 bits per heavy atom. The van der Waals surface area contributed by atoms with Crippen LogP contribution in [0.5, 0.6) is 0 Å². The Kier molecular flexibility index (Phi) is 32.0. The highest BCUT2D eigenvalue weighted by atomic mass is 31.2. The van der Waals surface area contributed by atoms with Crippen LogP contribution in [0, 0.1) is 0 Å². The molecule has 0 amide bonds. The number of hydrogen-bond donors (Lipinski definition) is 0. The Labute approximate surface area is 295 Å². The Morgan fingerprint density at radius 3 is 1.79 bits per heavy atom. The van der Waals surface area contributed by atoms with Crippen molar-refractivity contribution in [2.24, 2.45) is 0 Å². The van der Waals surface area contributed by atoms with Gasteiger partial charge in [0.15, 0.2) is 0 Å². The molecule has 0 aromatic rings. The lowest BCUT2D eigenvalue weighted by molar-refractivity contribution is -0.870. The van der Waals surface area contributed by atoms with Crippen LogP contribution in [0.4, 0.5) is 0 Å². The zero-order valence-electron chi connectivity index (χ0n) is 31.7. The molecule has 0 aliphatic rings. The third-order valence-corrected chi connectivity index (χ3v) is 8.86. The number of esters is 1. The third-order valence-electron chi connectivity index (χ3n) is 7.89. The molecule has 8 nitrogen and oxygen atoms in total. The summed E-state index contributed by atoms with van der Waals surface area (Å²) in [5.41, 5.74) is 0. The number of ether oxygens (including phenoxy) is 2. The van der Waals surface area contributed by atoms with Crippen LogP contribution in [0.25, 0.3) is 0 Å². The van der Waals surface area contributed by atoms with E-state index in [2.05, 4.69) is 50.3 Å². The lowest BCUT2D eigenvalue weighted by Crippen LogP contribution is -2.37. The van der Waals surface area contributed by atoms with Crippen LogP contribution >= 0.6 is 7.82 Å². The van der Waals surface area contributed by atoms with Gasteiger partial charge in [0.1, 0.15) is 19.3 Å². The van der Waals surface area contributed by atoms with E-state index in [4.69, 9.17) is 18.5 Å². The molecule has 2 unspecified atom stereocenters. The summed E-state index contributed by atoms with van der Waals surface area (Å²) < 4.78 is 34.4. The van der Waals surface area contributed by atoms with Crippen LogP contribution in [0.15, 0.2) is 36.5 Å². The molecule has 0 saturated carbocycles. The van der Waals surface area contributed by atoms with Crippen molar-refractivity contribution in [1.29, 1.82) is 0 Å². The molecule has 2 atom stereocenters. The SMILES string of the molecule is CCC/C=C\C/C=C\CCCCCCCCOCC(COP(=O)([O-])OCC[N+](C)(C)C)OC(=O)CCCCCCC/C=C\CCCCC. The highest BCUT2D eigenvalue weighted by Crippen LogP contribution is 2.38. The van der Waals surface area contributed by atoms with Crippen LogP contribution in [0.2, 0.25) is 0 Å². The molecule has 48 heavy (non-hydrogen) atoms. The monoisotopic (exact) mass is 700 g/mol. The number of unbranched alkanes of at least 4 members (excludes halogenated alkanes) is 15. The van der Waals surface area contributed by atoms with Gasteiger partial charge in [0.2, 0.25) is 0 Å². The van der Waals surface area contributed by atoms with Crippen LogP contribution in [0.1, 0.15) is 149 Å². The van der Waals surface area contributed by atoms with E-state index in [0.717, 1.165) is 70.6 Å². The number of quaternary nitrogens is 1. The van der Waals surface area contributed by atoms with E-state index >= 15 is 0 Å². The smallest absolute Gasteiger partial charge is 0.306 e. The van der Waals surface area contributed by atoms with Gasteiger partial charge in [-0.3, -0.25) is 9.36 Å². The quantitative estimate of drug-likeness (QED) is 0.0214. The number of allylic oxidation sites excluding steroid dienone is 6. The molecule has 0 spiro atoms. The fraction of sp³-hybridized carbons (Fsp3) is 0.821. The average Bonchev–Trinajstić information content (AvgIpc) is 3.03. The topological polar surface area (TPSA) is 94.1 Å². The van der Waals surface area contributed by atoms with Crippen molar-refractivity contribution in [1.82, 2.24) is 0 Å². The number of phosphoric ester groups is 1. The predicted octanol–water partition coefficient (Wildman–Crippen LogP) is 10.0. The van der Waals surface area contributed by atoms with Crippen LogP contribution < -0.4 is 4.89 Å². The van der Waals surface area contributed by atoms with E-state index in [1.807, 2.05) is 21.1 Å². The summed E-state index contributed by atoms with van der Waals surface area (Å²) in [5.74, 6) is -0.350. The fourth-order valence-corrected chi connectivity index (χ4v) is 5.60. The van der Waals surface area contributed by atoms with Crippen molar-refractivity contribution >= 4 is 13.8 Å². The van der Waals surface area contributed by atoms with Gasteiger partial charge in [-0.05, 0) is 64.2 Å². The maximum absolute atomic E-state index is 12.6. The van der Waals surface area contributed by atoms with E-state index in [0.29, 0.717) is 24.1 Å². The summed E-state index contributed by atoms with van der Waals surface area (Å²) in [7, 11) is 1.34. The van der Waals surface area contributed by atoms with Crippen molar-refractivity contribution in [3.8, 4) is 0 Å². The summed E-state index contributed by atoms with van der Waals surface area (Å²) in [6.45, 7) is 5.27. The minimum absolute atomic E-state index is 0.0217. The summed E-state index contributed by atoms with van der Waals surface area (Å²) in [6.07, 6.45) is 35.7. The molecular weight excluding hydrogens is 625 g/mol. The summed E-state index contributed by atoms with van der Waals surface area (Å²) in [5, 5.41) is 0. The maximum Gasteiger partial charge on any atom is 0.306 e. The van der Waals surface area contributed by atoms with Gasteiger partial charge in [-0.25, -0.2) is 0 Å². The van der Waals surface area contributed by atoms with Crippen LogP contribution in [-0.4, -0.2) is 70.7 Å². The lowest BCUT2D eigenvalue weighted by atomic mass is 10.1. The number of hydrogen-bond acceptors (Lipinski definition) is 7. The van der Waals surface area contributed by atoms with Gasteiger partial charge in [0.05, 0.1) is 34.4 Å².